The van der Waals surface area contributed by atoms with Crippen molar-refractivity contribution in [3.05, 3.63) is 0 Å². The molecular formula is C21H38N10O8. The number of hydrogen-bond acceptors (Lipinski definition) is 9. The van der Waals surface area contributed by atoms with Gasteiger partial charge in [-0.25, -0.2) is 4.79 Å². The molecule has 0 spiro atoms. The molecular weight excluding hydrogens is 520 g/mol. The number of carboxylic acid groups (broad SMARTS) is 1. The van der Waals surface area contributed by atoms with E-state index >= 15 is 0 Å². The fraction of sp³-hybridized carbons (Fsp3) is 0.619. The molecule has 16 N–H and O–H groups in total. The number of guanidine groups is 1. The highest BCUT2D eigenvalue weighted by Crippen LogP contribution is 2.06. The molecule has 0 aromatic heterocycles. The van der Waals surface area contributed by atoms with Gasteiger partial charge in [0.25, 0.3) is 0 Å². The molecule has 0 aliphatic rings. The molecule has 39 heavy (non-hydrogen) atoms. The van der Waals surface area contributed by atoms with E-state index < -0.39 is 65.6 Å². The zero-order valence-corrected chi connectivity index (χ0v) is 21.4. The van der Waals surface area contributed by atoms with Crippen LogP contribution in [0.4, 0.5) is 0 Å². The minimum Gasteiger partial charge on any atom is -0.480 e. The van der Waals surface area contributed by atoms with E-state index in [1.807, 2.05) is 0 Å². The van der Waals surface area contributed by atoms with E-state index in [-0.39, 0.29) is 63.9 Å². The van der Waals surface area contributed by atoms with E-state index in [0.717, 1.165) is 0 Å². The molecule has 220 valence electrons. The number of carbonyl (C=O) groups is 7. The van der Waals surface area contributed by atoms with Gasteiger partial charge in [-0.2, -0.15) is 0 Å². The molecule has 4 atom stereocenters. The summed E-state index contributed by atoms with van der Waals surface area (Å²) in [5, 5.41) is 16.4. The molecule has 0 heterocycles. The third kappa shape index (κ3) is 16.1. The highest BCUT2D eigenvalue weighted by atomic mass is 16.4. The van der Waals surface area contributed by atoms with Crippen LogP contribution in [0.1, 0.15) is 51.4 Å². The Balaban J connectivity index is 5.62. The Morgan fingerprint density at radius 3 is 1.44 bits per heavy atom. The maximum absolute atomic E-state index is 13.0. The van der Waals surface area contributed by atoms with Crippen molar-refractivity contribution in [3.8, 4) is 0 Å². The molecule has 0 rings (SSSR count). The topological polar surface area (TPSA) is 344 Å². The first-order chi connectivity index (χ1) is 18.1. The minimum absolute atomic E-state index is 0.0607. The summed E-state index contributed by atoms with van der Waals surface area (Å²) >= 11 is 0. The van der Waals surface area contributed by atoms with Crippen LogP contribution in [0.5, 0.6) is 0 Å². The Morgan fingerprint density at radius 1 is 0.615 bits per heavy atom. The van der Waals surface area contributed by atoms with Crippen LogP contribution < -0.4 is 50.4 Å². The summed E-state index contributed by atoms with van der Waals surface area (Å²) in [7, 11) is 0. The van der Waals surface area contributed by atoms with Gasteiger partial charge in [-0.05, 0) is 32.1 Å². The zero-order valence-electron chi connectivity index (χ0n) is 21.4. The standard InChI is InChI=1S/C21H38N10O8/c22-10(3-6-14(23)32)17(35)29-11(4-7-15(24)33)18(36)30-12(5-8-16(25)34)19(37)31-13(20(38)39)2-1-9-28-21(26)27/h10-13H,1-9,22H2,(H2,23,32)(H2,24,33)(H2,25,34)(H,29,35)(H,30,36)(H,31,37)(H,38,39)(H4,26,27,28). The van der Waals surface area contributed by atoms with Crippen LogP contribution in [-0.2, 0) is 33.6 Å². The van der Waals surface area contributed by atoms with Gasteiger partial charge in [-0.15, -0.1) is 0 Å². The van der Waals surface area contributed by atoms with Crippen molar-refractivity contribution in [1.82, 2.24) is 16.0 Å². The maximum Gasteiger partial charge on any atom is 0.326 e. The number of nitrogens with one attached hydrogen (secondary N) is 3. The molecule has 18 heteroatoms. The summed E-state index contributed by atoms with van der Waals surface area (Å²) in [6.45, 7) is 0.104. The van der Waals surface area contributed by atoms with Crippen LogP contribution in [-0.4, -0.2) is 83.2 Å². The number of carboxylic acids is 1. The van der Waals surface area contributed by atoms with Crippen LogP contribution in [0.15, 0.2) is 4.99 Å². The monoisotopic (exact) mass is 558 g/mol. The summed E-state index contributed by atoms with van der Waals surface area (Å²) in [5.41, 5.74) is 31.5. The van der Waals surface area contributed by atoms with Gasteiger partial charge in [0.2, 0.25) is 35.4 Å². The Hall–Kier alpha value is -4.48. The molecule has 0 fully saturated rings. The van der Waals surface area contributed by atoms with Crippen molar-refractivity contribution in [1.29, 1.82) is 0 Å². The van der Waals surface area contributed by atoms with Crippen molar-refractivity contribution in [2.75, 3.05) is 6.54 Å². The molecule has 18 nitrogen and oxygen atoms in total. The van der Waals surface area contributed by atoms with Crippen molar-refractivity contribution in [2.45, 2.75) is 75.5 Å². The third-order valence-electron chi connectivity index (χ3n) is 5.22. The second-order valence-electron chi connectivity index (χ2n) is 8.59. The second-order valence-corrected chi connectivity index (χ2v) is 8.59. The number of rotatable bonds is 20. The van der Waals surface area contributed by atoms with Gasteiger partial charge < -0.3 is 55.5 Å². The largest absolute Gasteiger partial charge is 0.480 e. The number of nitrogens with zero attached hydrogens (tertiary/aromatic N) is 1. The van der Waals surface area contributed by atoms with Gasteiger partial charge in [-0.1, -0.05) is 0 Å². The van der Waals surface area contributed by atoms with Crippen molar-refractivity contribution in [3.63, 3.8) is 0 Å². The van der Waals surface area contributed by atoms with Gasteiger partial charge >= 0.3 is 5.97 Å². The van der Waals surface area contributed by atoms with E-state index in [4.69, 9.17) is 34.4 Å². The van der Waals surface area contributed by atoms with Crippen molar-refractivity contribution < 1.29 is 38.7 Å². The van der Waals surface area contributed by atoms with E-state index in [1.165, 1.54) is 0 Å². The summed E-state index contributed by atoms with van der Waals surface area (Å²) < 4.78 is 0. The van der Waals surface area contributed by atoms with Gasteiger partial charge in [-0.3, -0.25) is 33.8 Å². The molecule has 0 aromatic rings. The number of hydrogen-bond donors (Lipinski definition) is 10. The average Bonchev–Trinajstić information content (AvgIpc) is 2.83. The average molecular weight is 559 g/mol. The predicted molar refractivity (Wildman–Crippen MR) is 137 cm³/mol. The quantitative estimate of drug-likeness (QED) is 0.0382. The van der Waals surface area contributed by atoms with E-state index in [0.29, 0.717) is 0 Å². The summed E-state index contributed by atoms with van der Waals surface area (Å²) in [4.78, 5) is 87.2. The van der Waals surface area contributed by atoms with Crippen LogP contribution in [0.2, 0.25) is 0 Å². The smallest absolute Gasteiger partial charge is 0.326 e. The highest BCUT2D eigenvalue weighted by Gasteiger charge is 2.30. The highest BCUT2D eigenvalue weighted by molar-refractivity contribution is 5.94. The molecule has 0 saturated carbocycles. The van der Waals surface area contributed by atoms with Crippen LogP contribution in [0, 0.1) is 0 Å². The lowest BCUT2D eigenvalue weighted by molar-refractivity contribution is -0.142. The summed E-state index contributed by atoms with van der Waals surface area (Å²) in [5.74, 6) is -6.57. The minimum atomic E-state index is -1.44. The number of aliphatic carboxylic acids is 1. The van der Waals surface area contributed by atoms with Gasteiger partial charge in [0.05, 0.1) is 6.04 Å². The number of carbonyl (C=O) groups excluding carboxylic acids is 6. The normalized spacial score (nSPS) is 13.6. The van der Waals surface area contributed by atoms with Crippen molar-refractivity contribution in [2.24, 2.45) is 39.4 Å². The maximum atomic E-state index is 13.0. The van der Waals surface area contributed by atoms with Gasteiger partial charge in [0.1, 0.15) is 18.1 Å². The summed E-state index contributed by atoms with van der Waals surface area (Å²) in [6.07, 6.45) is -1.43. The fourth-order valence-corrected chi connectivity index (χ4v) is 3.12. The number of amides is 6. The first-order valence-electron chi connectivity index (χ1n) is 11.9. The third-order valence-corrected chi connectivity index (χ3v) is 5.22. The molecule has 6 amide bonds. The first-order valence-corrected chi connectivity index (χ1v) is 11.9. The van der Waals surface area contributed by atoms with Crippen molar-refractivity contribution >= 4 is 47.4 Å². The molecule has 0 aliphatic carbocycles. The lowest BCUT2D eigenvalue weighted by Crippen LogP contribution is -2.57. The molecule has 4 unspecified atom stereocenters. The second kappa shape index (κ2) is 17.9. The fourth-order valence-electron chi connectivity index (χ4n) is 3.12. The Bertz CT molecular complexity index is 938. The molecule has 0 bridgehead atoms. The summed E-state index contributed by atoms with van der Waals surface area (Å²) in [6, 6.07) is -5.44. The van der Waals surface area contributed by atoms with E-state index in [9.17, 15) is 38.7 Å². The van der Waals surface area contributed by atoms with E-state index in [2.05, 4.69) is 20.9 Å². The van der Waals surface area contributed by atoms with Crippen LogP contribution >= 0.6 is 0 Å². The Kier molecular flexibility index (Phi) is 15.8. The SMILES string of the molecule is NC(=O)CCC(N)C(=O)NC(CCC(N)=O)C(=O)NC(CCC(N)=O)C(=O)NC(CCCN=C(N)N)C(=O)O. The molecule has 0 aliphatic heterocycles. The number of aliphatic imine (C=N–C) groups is 1. The van der Waals surface area contributed by atoms with Gasteiger partial charge in [0.15, 0.2) is 5.96 Å². The number of primary amides is 3. The molecule has 0 saturated heterocycles. The lowest BCUT2D eigenvalue weighted by atomic mass is 10.0. The first kappa shape index (κ1) is 34.5. The number of nitrogens with two attached hydrogens (primary N) is 6. The lowest BCUT2D eigenvalue weighted by Gasteiger charge is -2.25. The zero-order chi connectivity index (χ0) is 30.1. The van der Waals surface area contributed by atoms with Gasteiger partial charge in [0, 0.05) is 25.8 Å². The molecule has 0 aromatic carbocycles. The van der Waals surface area contributed by atoms with Crippen LogP contribution in [0.25, 0.3) is 0 Å². The van der Waals surface area contributed by atoms with E-state index in [1.54, 1.807) is 0 Å². The Morgan fingerprint density at radius 2 is 1.03 bits per heavy atom. The Labute approximate surface area is 224 Å². The van der Waals surface area contributed by atoms with Crippen LogP contribution in [0.3, 0.4) is 0 Å². The molecule has 0 radical (unpaired) electrons. The predicted octanol–water partition coefficient (Wildman–Crippen LogP) is -5.30.